The molecule has 3 heteroatoms. The SMILES string of the molecule is CN(C)C1CCN(N2CCCCC2)C1. The summed E-state index contributed by atoms with van der Waals surface area (Å²) in [4.78, 5) is 2.37. The van der Waals surface area contributed by atoms with Gasteiger partial charge < -0.3 is 4.90 Å². The zero-order valence-electron chi connectivity index (χ0n) is 9.58. The Labute approximate surface area is 87.6 Å². The van der Waals surface area contributed by atoms with Crippen LogP contribution in [0.5, 0.6) is 0 Å². The number of hydrogen-bond donors (Lipinski definition) is 0. The normalized spacial score (nSPS) is 31.5. The molecular weight excluding hydrogens is 174 g/mol. The van der Waals surface area contributed by atoms with Crippen molar-refractivity contribution in [3.8, 4) is 0 Å². The van der Waals surface area contributed by atoms with Crippen LogP contribution < -0.4 is 0 Å². The van der Waals surface area contributed by atoms with E-state index in [1.807, 2.05) is 0 Å². The van der Waals surface area contributed by atoms with Crippen LogP contribution in [0.25, 0.3) is 0 Å². The molecule has 1 unspecified atom stereocenters. The van der Waals surface area contributed by atoms with Crippen molar-refractivity contribution in [1.82, 2.24) is 14.9 Å². The Balaban J connectivity index is 1.82. The van der Waals surface area contributed by atoms with Gasteiger partial charge in [0.25, 0.3) is 0 Å². The van der Waals surface area contributed by atoms with Crippen LogP contribution in [-0.2, 0) is 0 Å². The molecule has 0 spiro atoms. The third-order valence-electron chi connectivity index (χ3n) is 3.60. The third-order valence-corrected chi connectivity index (χ3v) is 3.60. The molecule has 2 rings (SSSR count). The van der Waals surface area contributed by atoms with Crippen LogP contribution in [-0.4, -0.2) is 61.2 Å². The maximum absolute atomic E-state index is 2.58. The van der Waals surface area contributed by atoms with Crippen LogP contribution in [0.4, 0.5) is 0 Å². The fraction of sp³-hybridized carbons (Fsp3) is 1.00. The Kier molecular flexibility index (Phi) is 3.42. The predicted octanol–water partition coefficient (Wildman–Crippen LogP) is 1.02. The Hall–Kier alpha value is -0.120. The van der Waals surface area contributed by atoms with E-state index in [4.69, 9.17) is 0 Å². The fourth-order valence-corrected chi connectivity index (χ4v) is 2.56. The Morgan fingerprint density at radius 2 is 1.64 bits per heavy atom. The molecule has 2 fully saturated rings. The van der Waals surface area contributed by atoms with Gasteiger partial charge in [0, 0.05) is 32.2 Å². The molecule has 3 nitrogen and oxygen atoms in total. The summed E-state index contributed by atoms with van der Waals surface area (Å²) < 4.78 is 0. The molecule has 0 aromatic carbocycles. The summed E-state index contributed by atoms with van der Waals surface area (Å²) in [5, 5.41) is 5.15. The van der Waals surface area contributed by atoms with Gasteiger partial charge in [-0.3, -0.25) is 0 Å². The standard InChI is InChI=1S/C11H23N3/c1-12(2)11-6-9-14(10-11)13-7-4-3-5-8-13/h11H,3-10H2,1-2H3. The molecule has 2 saturated heterocycles. The van der Waals surface area contributed by atoms with Gasteiger partial charge in [0.1, 0.15) is 0 Å². The molecule has 0 saturated carbocycles. The molecule has 82 valence electrons. The van der Waals surface area contributed by atoms with E-state index in [1.54, 1.807) is 0 Å². The van der Waals surface area contributed by atoms with E-state index in [0.29, 0.717) is 0 Å². The average molecular weight is 197 g/mol. The number of rotatable bonds is 2. The second-order valence-corrected chi connectivity index (χ2v) is 4.83. The van der Waals surface area contributed by atoms with Crippen LogP contribution in [0.15, 0.2) is 0 Å². The van der Waals surface area contributed by atoms with Crippen LogP contribution in [0, 0.1) is 0 Å². The van der Waals surface area contributed by atoms with E-state index >= 15 is 0 Å². The van der Waals surface area contributed by atoms with E-state index in [-0.39, 0.29) is 0 Å². The van der Waals surface area contributed by atoms with Crippen molar-refractivity contribution in [2.45, 2.75) is 31.7 Å². The molecule has 0 amide bonds. The lowest BCUT2D eigenvalue weighted by Crippen LogP contribution is -2.45. The van der Waals surface area contributed by atoms with Crippen LogP contribution in [0.3, 0.4) is 0 Å². The van der Waals surface area contributed by atoms with Crippen LogP contribution in [0.1, 0.15) is 25.7 Å². The first-order valence-electron chi connectivity index (χ1n) is 5.93. The maximum atomic E-state index is 2.58. The molecule has 0 bridgehead atoms. The van der Waals surface area contributed by atoms with Gasteiger partial charge in [-0.25, -0.2) is 10.0 Å². The number of hydrogen-bond acceptors (Lipinski definition) is 3. The molecular formula is C11H23N3. The number of likely N-dealkylation sites (N-methyl/N-ethyl adjacent to an activating group) is 1. The summed E-state index contributed by atoms with van der Waals surface area (Å²) in [6.07, 6.45) is 5.55. The minimum atomic E-state index is 0.775. The van der Waals surface area contributed by atoms with Crippen molar-refractivity contribution in [3.05, 3.63) is 0 Å². The number of piperidine rings is 1. The fourth-order valence-electron chi connectivity index (χ4n) is 2.56. The van der Waals surface area contributed by atoms with Crippen molar-refractivity contribution in [2.75, 3.05) is 40.3 Å². The minimum Gasteiger partial charge on any atom is -0.305 e. The van der Waals surface area contributed by atoms with Gasteiger partial charge in [-0.15, -0.1) is 0 Å². The Morgan fingerprint density at radius 1 is 0.929 bits per heavy atom. The largest absolute Gasteiger partial charge is 0.305 e. The lowest BCUT2D eigenvalue weighted by Gasteiger charge is -2.35. The third kappa shape index (κ3) is 2.27. The molecule has 0 aliphatic carbocycles. The average Bonchev–Trinajstić information content (AvgIpc) is 2.68. The number of hydrazine groups is 1. The van der Waals surface area contributed by atoms with Crippen LogP contribution in [0.2, 0.25) is 0 Å². The highest BCUT2D eigenvalue weighted by Crippen LogP contribution is 2.19. The van der Waals surface area contributed by atoms with Crippen molar-refractivity contribution in [1.29, 1.82) is 0 Å². The minimum absolute atomic E-state index is 0.775. The summed E-state index contributed by atoms with van der Waals surface area (Å²) in [5.41, 5.74) is 0. The Morgan fingerprint density at radius 3 is 2.21 bits per heavy atom. The first-order chi connectivity index (χ1) is 6.77. The monoisotopic (exact) mass is 197 g/mol. The van der Waals surface area contributed by atoms with Crippen molar-refractivity contribution < 1.29 is 0 Å². The van der Waals surface area contributed by atoms with Crippen molar-refractivity contribution in [3.63, 3.8) is 0 Å². The zero-order chi connectivity index (χ0) is 9.97. The van der Waals surface area contributed by atoms with Gasteiger partial charge >= 0.3 is 0 Å². The van der Waals surface area contributed by atoms with Gasteiger partial charge in [-0.1, -0.05) is 6.42 Å². The van der Waals surface area contributed by atoms with E-state index in [1.165, 1.54) is 51.9 Å². The topological polar surface area (TPSA) is 9.72 Å². The molecule has 14 heavy (non-hydrogen) atoms. The highest BCUT2D eigenvalue weighted by atomic mass is 15.6. The highest BCUT2D eigenvalue weighted by Gasteiger charge is 2.28. The smallest absolute Gasteiger partial charge is 0.0290 e. The zero-order valence-corrected chi connectivity index (χ0v) is 9.58. The van der Waals surface area contributed by atoms with Crippen LogP contribution >= 0.6 is 0 Å². The van der Waals surface area contributed by atoms with E-state index in [9.17, 15) is 0 Å². The second-order valence-electron chi connectivity index (χ2n) is 4.83. The van der Waals surface area contributed by atoms with E-state index in [2.05, 4.69) is 29.0 Å². The quantitative estimate of drug-likeness (QED) is 0.654. The van der Waals surface area contributed by atoms with Crippen molar-refractivity contribution in [2.24, 2.45) is 0 Å². The van der Waals surface area contributed by atoms with Gasteiger partial charge in [-0.2, -0.15) is 0 Å². The first-order valence-corrected chi connectivity index (χ1v) is 5.93. The molecule has 0 radical (unpaired) electrons. The molecule has 2 aliphatic heterocycles. The summed E-state index contributed by atoms with van der Waals surface area (Å²) in [7, 11) is 4.40. The van der Waals surface area contributed by atoms with E-state index in [0.717, 1.165) is 6.04 Å². The molecule has 2 heterocycles. The Bertz CT molecular complexity index is 175. The van der Waals surface area contributed by atoms with Gasteiger partial charge in [0.15, 0.2) is 0 Å². The molecule has 2 aliphatic rings. The van der Waals surface area contributed by atoms with Gasteiger partial charge in [-0.05, 0) is 33.4 Å². The summed E-state index contributed by atoms with van der Waals surface area (Å²) in [5.74, 6) is 0. The van der Waals surface area contributed by atoms with E-state index < -0.39 is 0 Å². The summed E-state index contributed by atoms with van der Waals surface area (Å²) >= 11 is 0. The van der Waals surface area contributed by atoms with Gasteiger partial charge in [0.2, 0.25) is 0 Å². The maximum Gasteiger partial charge on any atom is 0.0290 e. The molecule has 0 aromatic rings. The molecule has 0 aromatic heterocycles. The van der Waals surface area contributed by atoms with Gasteiger partial charge in [0.05, 0.1) is 0 Å². The summed E-state index contributed by atoms with van der Waals surface area (Å²) in [6.45, 7) is 5.09. The number of nitrogens with zero attached hydrogens (tertiary/aromatic N) is 3. The first kappa shape index (κ1) is 10.4. The highest BCUT2D eigenvalue weighted by molar-refractivity contribution is 4.80. The predicted molar refractivity (Wildman–Crippen MR) is 59.1 cm³/mol. The lowest BCUT2D eigenvalue weighted by atomic mass is 10.2. The molecule has 1 atom stereocenters. The second kappa shape index (κ2) is 4.60. The molecule has 0 N–H and O–H groups in total. The van der Waals surface area contributed by atoms with Crippen molar-refractivity contribution >= 4 is 0 Å². The lowest BCUT2D eigenvalue weighted by molar-refractivity contribution is -0.0230. The summed E-state index contributed by atoms with van der Waals surface area (Å²) in [6, 6.07) is 0.775.